The van der Waals surface area contributed by atoms with Crippen LogP contribution in [0.2, 0.25) is 0 Å². The molecule has 1 radical (unpaired) electrons. The van der Waals surface area contributed by atoms with Gasteiger partial charge in [-0.15, -0.1) is 0 Å². The number of unbranched alkanes of at least 4 members (excludes halogenated alkanes) is 2. The Morgan fingerprint density at radius 2 is 1.68 bits per heavy atom. The van der Waals surface area contributed by atoms with Crippen LogP contribution in [0.15, 0.2) is 18.2 Å². The van der Waals surface area contributed by atoms with Crippen molar-refractivity contribution in [2.75, 3.05) is 14.2 Å². The zero-order valence-electron chi connectivity index (χ0n) is 11.4. The van der Waals surface area contributed by atoms with Crippen LogP contribution in [0.5, 0.6) is 0 Å². The number of aryl methyl sites for hydroxylation is 1. The van der Waals surface area contributed by atoms with Crippen LogP contribution in [0, 0.1) is 6.92 Å². The van der Waals surface area contributed by atoms with Crippen molar-refractivity contribution in [2.45, 2.75) is 25.7 Å². The van der Waals surface area contributed by atoms with Crippen LogP contribution in [-0.2, 0) is 15.9 Å². The lowest BCUT2D eigenvalue weighted by Crippen LogP contribution is -2.12. The molecule has 4 nitrogen and oxygen atoms in total. The number of methoxy groups -OCH3 is 2. The molecule has 0 spiro atoms. The highest BCUT2D eigenvalue weighted by Gasteiger charge is 2.18. The Hall–Kier alpha value is -1.84. The number of hydrogen-bond acceptors (Lipinski definition) is 4. The van der Waals surface area contributed by atoms with E-state index in [1.54, 1.807) is 12.1 Å². The molecular weight excluding hydrogens is 244 g/mol. The van der Waals surface area contributed by atoms with E-state index in [1.807, 2.05) is 6.07 Å². The van der Waals surface area contributed by atoms with Gasteiger partial charge < -0.3 is 9.47 Å². The highest BCUT2D eigenvalue weighted by molar-refractivity contribution is 6.03. The second-order valence-electron chi connectivity index (χ2n) is 4.17. The first-order valence-corrected chi connectivity index (χ1v) is 6.22. The average molecular weight is 263 g/mol. The second-order valence-corrected chi connectivity index (χ2v) is 4.17. The SMILES string of the molecule is [CH2]CCCCc1ccc(C(=O)OC)c(C(=O)OC)c1. The second kappa shape index (κ2) is 7.56. The Balaban J connectivity index is 3.01. The minimum Gasteiger partial charge on any atom is -0.465 e. The normalized spacial score (nSPS) is 10.1. The summed E-state index contributed by atoms with van der Waals surface area (Å²) in [4.78, 5) is 23.3. The predicted octanol–water partition coefficient (Wildman–Crippen LogP) is 2.81. The fourth-order valence-electron chi connectivity index (χ4n) is 1.82. The van der Waals surface area contributed by atoms with Crippen LogP contribution in [0.1, 0.15) is 45.5 Å². The number of esters is 2. The number of hydrogen-bond donors (Lipinski definition) is 0. The van der Waals surface area contributed by atoms with Crippen LogP contribution in [0.4, 0.5) is 0 Å². The van der Waals surface area contributed by atoms with E-state index in [4.69, 9.17) is 4.74 Å². The molecule has 19 heavy (non-hydrogen) atoms. The van der Waals surface area contributed by atoms with Crippen LogP contribution in [0.3, 0.4) is 0 Å². The largest absolute Gasteiger partial charge is 0.465 e. The molecule has 103 valence electrons. The molecule has 0 fully saturated rings. The Morgan fingerprint density at radius 1 is 1.05 bits per heavy atom. The number of carbonyl (C=O) groups excluding carboxylic acids is 2. The molecule has 0 heterocycles. The molecule has 0 saturated heterocycles. The van der Waals surface area contributed by atoms with Gasteiger partial charge in [0.15, 0.2) is 0 Å². The molecule has 0 saturated carbocycles. The maximum absolute atomic E-state index is 11.7. The summed E-state index contributed by atoms with van der Waals surface area (Å²) in [5, 5.41) is 0. The topological polar surface area (TPSA) is 52.6 Å². The summed E-state index contributed by atoms with van der Waals surface area (Å²) in [5.41, 5.74) is 1.48. The van der Waals surface area contributed by atoms with Gasteiger partial charge in [0.1, 0.15) is 0 Å². The first-order chi connectivity index (χ1) is 9.13. The zero-order valence-corrected chi connectivity index (χ0v) is 11.4. The van der Waals surface area contributed by atoms with Crippen molar-refractivity contribution in [2.24, 2.45) is 0 Å². The van der Waals surface area contributed by atoms with Gasteiger partial charge in [0, 0.05) is 0 Å². The lowest BCUT2D eigenvalue weighted by Gasteiger charge is -2.09. The number of ether oxygens (including phenoxy) is 2. The molecule has 0 aliphatic carbocycles. The molecule has 0 aromatic heterocycles. The van der Waals surface area contributed by atoms with E-state index in [-0.39, 0.29) is 11.1 Å². The van der Waals surface area contributed by atoms with E-state index in [0.717, 1.165) is 31.2 Å². The van der Waals surface area contributed by atoms with Crippen molar-refractivity contribution in [3.63, 3.8) is 0 Å². The summed E-state index contributed by atoms with van der Waals surface area (Å²) >= 11 is 0. The third-order valence-electron chi connectivity index (χ3n) is 2.86. The summed E-state index contributed by atoms with van der Waals surface area (Å²) in [6, 6.07) is 5.14. The van der Waals surface area contributed by atoms with Gasteiger partial charge in [0.25, 0.3) is 0 Å². The molecule has 0 N–H and O–H groups in total. The number of rotatable bonds is 6. The Morgan fingerprint density at radius 3 is 2.26 bits per heavy atom. The highest BCUT2D eigenvalue weighted by atomic mass is 16.5. The smallest absolute Gasteiger partial charge is 0.338 e. The van der Waals surface area contributed by atoms with Crippen LogP contribution < -0.4 is 0 Å². The van der Waals surface area contributed by atoms with Crippen LogP contribution in [0.25, 0.3) is 0 Å². The van der Waals surface area contributed by atoms with Gasteiger partial charge in [-0.2, -0.15) is 0 Å². The van der Waals surface area contributed by atoms with E-state index >= 15 is 0 Å². The van der Waals surface area contributed by atoms with Crippen molar-refractivity contribution in [1.82, 2.24) is 0 Å². The lowest BCUT2D eigenvalue weighted by atomic mass is 10.00. The fraction of sp³-hybridized carbons (Fsp3) is 0.400. The molecule has 0 unspecified atom stereocenters. The molecule has 0 bridgehead atoms. The molecule has 1 rings (SSSR count). The van der Waals surface area contributed by atoms with Gasteiger partial charge in [0.05, 0.1) is 25.3 Å². The van der Waals surface area contributed by atoms with Gasteiger partial charge in [-0.25, -0.2) is 9.59 Å². The molecule has 4 heteroatoms. The van der Waals surface area contributed by atoms with Crippen molar-refractivity contribution in [1.29, 1.82) is 0 Å². The third kappa shape index (κ3) is 4.09. The van der Waals surface area contributed by atoms with Gasteiger partial charge in [-0.3, -0.25) is 0 Å². The predicted molar refractivity (Wildman–Crippen MR) is 72.0 cm³/mol. The minimum absolute atomic E-state index is 0.232. The van der Waals surface area contributed by atoms with Crippen molar-refractivity contribution in [3.8, 4) is 0 Å². The standard InChI is InChI=1S/C15H19O4/c1-4-5-6-7-11-8-9-12(14(16)18-2)13(10-11)15(17)19-3/h8-10H,1,4-7H2,2-3H3. The first-order valence-electron chi connectivity index (χ1n) is 6.22. The minimum atomic E-state index is -0.537. The summed E-state index contributed by atoms with van der Waals surface area (Å²) in [6.07, 6.45) is 3.78. The van der Waals surface area contributed by atoms with Crippen molar-refractivity contribution in [3.05, 3.63) is 41.8 Å². The summed E-state index contributed by atoms with van der Waals surface area (Å²) in [5.74, 6) is -1.07. The molecule has 1 aromatic carbocycles. The summed E-state index contributed by atoms with van der Waals surface area (Å²) in [7, 11) is 2.57. The average Bonchev–Trinajstić information content (AvgIpc) is 2.45. The Labute approximate surface area is 113 Å². The Kier molecular flexibility index (Phi) is 6.06. The molecule has 1 aromatic rings. The maximum Gasteiger partial charge on any atom is 0.338 e. The summed E-state index contributed by atoms with van der Waals surface area (Å²) in [6.45, 7) is 3.79. The molecule has 0 atom stereocenters. The lowest BCUT2D eigenvalue weighted by molar-refractivity contribution is 0.0555. The van der Waals surface area contributed by atoms with Gasteiger partial charge in [0.2, 0.25) is 0 Å². The van der Waals surface area contributed by atoms with Crippen LogP contribution in [-0.4, -0.2) is 26.2 Å². The van der Waals surface area contributed by atoms with Crippen molar-refractivity contribution >= 4 is 11.9 Å². The van der Waals surface area contributed by atoms with Gasteiger partial charge in [-0.05, 0) is 30.5 Å². The Bertz CT molecular complexity index is 451. The molecule has 0 aliphatic heterocycles. The van der Waals surface area contributed by atoms with Crippen molar-refractivity contribution < 1.29 is 19.1 Å². The quantitative estimate of drug-likeness (QED) is 0.585. The molecule has 0 amide bonds. The van der Waals surface area contributed by atoms with Gasteiger partial charge >= 0.3 is 11.9 Å². The van der Waals surface area contributed by atoms with Gasteiger partial charge in [-0.1, -0.05) is 25.8 Å². The molecular formula is C15H19O4. The highest BCUT2D eigenvalue weighted by Crippen LogP contribution is 2.16. The van der Waals surface area contributed by atoms with Crippen LogP contribution >= 0.6 is 0 Å². The van der Waals surface area contributed by atoms with E-state index in [2.05, 4.69) is 11.7 Å². The third-order valence-corrected chi connectivity index (χ3v) is 2.86. The van der Waals surface area contributed by atoms with E-state index in [9.17, 15) is 9.59 Å². The fourth-order valence-corrected chi connectivity index (χ4v) is 1.82. The van der Waals surface area contributed by atoms with E-state index in [1.165, 1.54) is 14.2 Å². The van der Waals surface area contributed by atoms with E-state index < -0.39 is 11.9 Å². The number of carbonyl (C=O) groups is 2. The number of benzene rings is 1. The maximum atomic E-state index is 11.7. The monoisotopic (exact) mass is 263 g/mol. The molecule has 0 aliphatic rings. The summed E-state index contributed by atoms with van der Waals surface area (Å²) < 4.78 is 9.35. The van der Waals surface area contributed by atoms with E-state index in [0.29, 0.717) is 0 Å². The first kappa shape index (κ1) is 15.2. The zero-order chi connectivity index (χ0) is 14.3.